The van der Waals surface area contributed by atoms with E-state index in [2.05, 4.69) is 33.0 Å². The molecule has 110 valence electrons. The van der Waals surface area contributed by atoms with Crippen molar-refractivity contribution in [3.8, 4) is 5.69 Å². The highest BCUT2D eigenvalue weighted by atomic mass is 127. The van der Waals surface area contributed by atoms with Crippen LogP contribution in [0.3, 0.4) is 0 Å². The smallest absolute Gasteiger partial charge is 0.257 e. The monoisotopic (exact) mass is 423 g/mol. The average Bonchev–Trinajstić information content (AvgIpc) is 2.96. The van der Waals surface area contributed by atoms with Crippen LogP contribution in [-0.4, -0.2) is 15.7 Å². The van der Waals surface area contributed by atoms with E-state index in [4.69, 9.17) is 11.6 Å². The summed E-state index contributed by atoms with van der Waals surface area (Å²) < 4.78 is 2.51. The second-order valence-corrected chi connectivity index (χ2v) is 6.16. The number of aromatic nitrogens is 2. The highest BCUT2D eigenvalue weighted by Gasteiger charge is 2.12. The lowest BCUT2D eigenvalue weighted by Crippen LogP contribution is -2.14. The minimum Gasteiger partial charge on any atom is -0.305 e. The standard InChI is InChI=1S/C16H11ClIN3O/c17-11-6-7-13(14(18)10-11)16(22)19-15-8-9-21(20-15)12-4-2-1-3-5-12/h1-10H,(H,19,20,22). The third-order valence-corrected chi connectivity index (χ3v) is 4.15. The molecule has 0 aliphatic carbocycles. The van der Waals surface area contributed by atoms with Crippen LogP contribution in [0.15, 0.2) is 60.8 Å². The molecule has 0 spiro atoms. The number of carbonyl (C=O) groups excluding carboxylic acids is 1. The number of hydrogen-bond donors (Lipinski definition) is 1. The van der Waals surface area contributed by atoms with Crippen molar-refractivity contribution in [3.05, 3.63) is 75.0 Å². The highest BCUT2D eigenvalue weighted by Crippen LogP contribution is 2.19. The number of para-hydroxylation sites is 1. The van der Waals surface area contributed by atoms with E-state index in [1.54, 1.807) is 35.1 Å². The van der Waals surface area contributed by atoms with E-state index in [0.29, 0.717) is 16.4 Å². The molecule has 3 rings (SSSR count). The Morgan fingerprint density at radius 1 is 1.14 bits per heavy atom. The zero-order valence-electron chi connectivity index (χ0n) is 11.3. The zero-order valence-corrected chi connectivity index (χ0v) is 14.2. The summed E-state index contributed by atoms with van der Waals surface area (Å²) in [5.41, 5.74) is 1.50. The maximum Gasteiger partial charge on any atom is 0.257 e. The van der Waals surface area contributed by atoms with Crippen molar-refractivity contribution in [2.75, 3.05) is 5.32 Å². The first-order valence-electron chi connectivity index (χ1n) is 6.51. The molecule has 0 atom stereocenters. The van der Waals surface area contributed by atoms with Crippen molar-refractivity contribution in [1.82, 2.24) is 9.78 Å². The molecule has 0 bridgehead atoms. The summed E-state index contributed by atoms with van der Waals surface area (Å²) >= 11 is 7.99. The van der Waals surface area contributed by atoms with Crippen LogP contribution < -0.4 is 5.32 Å². The summed E-state index contributed by atoms with van der Waals surface area (Å²) in [5.74, 6) is 0.291. The molecule has 0 unspecified atom stereocenters. The first kappa shape index (κ1) is 15.1. The molecule has 0 saturated carbocycles. The predicted octanol–water partition coefficient (Wildman–Crippen LogP) is 4.38. The van der Waals surface area contributed by atoms with Crippen molar-refractivity contribution < 1.29 is 4.79 Å². The summed E-state index contributed by atoms with van der Waals surface area (Å²) in [6.45, 7) is 0. The summed E-state index contributed by atoms with van der Waals surface area (Å²) in [4.78, 5) is 12.3. The van der Waals surface area contributed by atoms with E-state index in [0.717, 1.165) is 9.26 Å². The molecular formula is C16H11ClIN3O. The Hall–Kier alpha value is -1.86. The number of benzene rings is 2. The van der Waals surface area contributed by atoms with Gasteiger partial charge in [0, 0.05) is 20.9 Å². The van der Waals surface area contributed by atoms with Crippen LogP contribution in [0, 0.1) is 3.57 Å². The summed E-state index contributed by atoms with van der Waals surface area (Å²) in [6.07, 6.45) is 1.80. The number of amides is 1. The van der Waals surface area contributed by atoms with Gasteiger partial charge in [-0.05, 0) is 52.9 Å². The minimum absolute atomic E-state index is 0.209. The van der Waals surface area contributed by atoms with E-state index in [1.165, 1.54) is 0 Å². The van der Waals surface area contributed by atoms with Crippen molar-refractivity contribution in [1.29, 1.82) is 0 Å². The number of hydrogen-bond acceptors (Lipinski definition) is 2. The van der Waals surface area contributed by atoms with Gasteiger partial charge in [0.1, 0.15) is 0 Å². The van der Waals surface area contributed by atoms with E-state index in [-0.39, 0.29) is 5.91 Å². The van der Waals surface area contributed by atoms with E-state index >= 15 is 0 Å². The summed E-state index contributed by atoms with van der Waals surface area (Å²) in [7, 11) is 0. The molecule has 0 aliphatic rings. The Morgan fingerprint density at radius 3 is 2.64 bits per heavy atom. The fourth-order valence-corrected chi connectivity index (χ4v) is 3.09. The SMILES string of the molecule is O=C(Nc1ccn(-c2ccccc2)n1)c1ccc(Cl)cc1I. The van der Waals surface area contributed by atoms with E-state index in [1.807, 2.05) is 30.3 Å². The number of halogens is 2. The first-order chi connectivity index (χ1) is 10.6. The summed E-state index contributed by atoms with van der Waals surface area (Å²) in [5, 5.41) is 7.75. The molecular weight excluding hydrogens is 413 g/mol. The molecule has 0 radical (unpaired) electrons. The number of rotatable bonds is 3. The zero-order chi connectivity index (χ0) is 15.5. The molecule has 2 aromatic carbocycles. The lowest BCUT2D eigenvalue weighted by molar-refractivity contribution is 0.102. The predicted molar refractivity (Wildman–Crippen MR) is 95.7 cm³/mol. The van der Waals surface area contributed by atoms with Gasteiger partial charge in [0.05, 0.1) is 11.3 Å². The Bertz CT molecular complexity index is 817. The van der Waals surface area contributed by atoms with Gasteiger partial charge in [0.15, 0.2) is 5.82 Å². The van der Waals surface area contributed by atoms with Crippen molar-refractivity contribution >= 4 is 45.9 Å². The van der Waals surface area contributed by atoms with Gasteiger partial charge in [0.25, 0.3) is 5.91 Å². The van der Waals surface area contributed by atoms with Gasteiger partial charge in [-0.3, -0.25) is 4.79 Å². The van der Waals surface area contributed by atoms with Gasteiger partial charge in [-0.1, -0.05) is 29.8 Å². The molecule has 1 aromatic heterocycles. The normalized spacial score (nSPS) is 10.5. The highest BCUT2D eigenvalue weighted by molar-refractivity contribution is 14.1. The molecule has 1 amide bonds. The van der Waals surface area contributed by atoms with Gasteiger partial charge in [-0.2, -0.15) is 5.10 Å². The lowest BCUT2D eigenvalue weighted by Gasteiger charge is -2.05. The fraction of sp³-hybridized carbons (Fsp3) is 0. The number of anilines is 1. The van der Waals surface area contributed by atoms with Crippen LogP contribution >= 0.6 is 34.2 Å². The van der Waals surface area contributed by atoms with Gasteiger partial charge in [-0.15, -0.1) is 0 Å². The molecule has 4 nitrogen and oxygen atoms in total. The van der Waals surface area contributed by atoms with Crippen LogP contribution in [0.2, 0.25) is 5.02 Å². The molecule has 22 heavy (non-hydrogen) atoms. The Morgan fingerprint density at radius 2 is 1.91 bits per heavy atom. The third kappa shape index (κ3) is 3.31. The molecule has 1 N–H and O–H groups in total. The molecule has 0 aliphatic heterocycles. The maximum atomic E-state index is 12.3. The summed E-state index contributed by atoms with van der Waals surface area (Å²) in [6, 6.07) is 16.6. The molecule has 0 fully saturated rings. The van der Waals surface area contributed by atoms with Crippen molar-refractivity contribution in [2.45, 2.75) is 0 Å². The topological polar surface area (TPSA) is 46.9 Å². The van der Waals surface area contributed by atoms with Crippen molar-refractivity contribution in [3.63, 3.8) is 0 Å². The number of nitrogens with zero attached hydrogens (tertiary/aromatic N) is 2. The fourth-order valence-electron chi connectivity index (χ4n) is 1.97. The van der Waals surface area contributed by atoms with Gasteiger partial charge >= 0.3 is 0 Å². The second kappa shape index (κ2) is 6.50. The van der Waals surface area contributed by atoms with Crippen LogP contribution in [-0.2, 0) is 0 Å². The minimum atomic E-state index is -0.209. The van der Waals surface area contributed by atoms with Gasteiger partial charge < -0.3 is 5.32 Å². The Labute approximate surface area is 146 Å². The maximum absolute atomic E-state index is 12.3. The molecule has 6 heteroatoms. The third-order valence-electron chi connectivity index (χ3n) is 3.03. The average molecular weight is 424 g/mol. The quantitative estimate of drug-likeness (QED) is 0.636. The van der Waals surface area contributed by atoms with Gasteiger partial charge in [-0.25, -0.2) is 4.68 Å². The van der Waals surface area contributed by atoms with E-state index in [9.17, 15) is 4.79 Å². The van der Waals surface area contributed by atoms with Gasteiger partial charge in [0.2, 0.25) is 0 Å². The van der Waals surface area contributed by atoms with Crippen LogP contribution in [0.5, 0.6) is 0 Å². The molecule has 3 aromatic rings. The van der Waals surface area contributed by atoms with Crippen LogP contribution in [0.1, 0.15) is 10.4 Å². The second-order valence-electron chi connectivity index (χ2n) is 4.56. The van der Waals surface area contributed by atoms with Crippen LogP contribution in [0.25, 0.3) is 5.69 Å². The van der Waals surface area contributed by atoms with Crippen molar-refractivity contribution in [2.24, 2.45) is 0 Å². The number of nitrogens with one attached hydrogen (secondary N) is 1. The number of carbonyl (C=O) groups is 1. The van der Waals surface area contributed by atoms with Crippen LogP contribution in [0.4, 0.5) is 5.82 Å². The first-order valence-corrected chi connectivity index (χ1v) is 7.96. The Kier molecular flexibility index (Phi) is 4.44. The van der Waals surface area contributed by atoms with E-state index < -0.39 is 0 Å². The molecule has 0 saturated heterocycles. The largest absolute Gasteiger partial charge is 0.305 e. The molecule has 1 heterocycles. The lowest BCUT2D eigenvalue weighted by atomic mass is 10.2. The Balaban J connectivity index is 1.79.